The summed E-state index contributed by atoms with van der Waals surface area (Å²) in [4.78, 5) is 30.2. The second kappa shape index (κ2) is 7.25. The number of rotatable bonds is 3. The maximum Gasteiger partial charge on any atom is 0.340 e. The van der Waals surface area contributed by atoms with Gasteiger partial charge in [-0.2, -0.15) is 0 Å². The van der Waals surface area contributed by atoms with Crippen molar-refractivity contribution in [1.29, 1.82) is 0 Å². The summed E-state index contributed by atoms with van der Waals surface area (Å²) in [5, 5.41) is 0. The van der Waals surface area contributed by atoms with Crippen LogP contribution in [0.15, 0.2) is 54.6 Å². The third-order valence-corrected chi connectivity index (χ3v) is 7.64. The van der Waals surface area contributed by atoms with Crippen molar-refractivity contribution >= 4 is 23.3 Å². The van der Waals surface area contributed by atoms with Gasteiger partial charge in [0.25, 0.3) is 0 Å². The van der Waals surface area contributed by atoms with Crippen LogP contribution in [0.25, 0.3) is 0 Å². The molecule has 7 rings (SSSR count). The zero-order valence-corrected chi connectivity index (χ0v) is 19.4. The lowest BCUT2D eigenvalue weighted by Gasteiger charge is -2.39. The molecular formula is C28H24N2O5. The third-order valence-electron chi connectivity index (χ3n) is 7.64. The van der Waals surface area contributed by atoms with E-state index in [9.17, 15) is 9.59 Å². The summed E-state index contributed by atoms with van der Waals surface area (Å²) in [7, 11) is 1.35. The molecule has 0 radical (unpaired) electrons. The van der Waals surface area contributed by atoms with Crippen molar-refractivity contribution in [1.82, 2.24) is 0 Å². The van der Waals surface area contributed by atoms with Gasteiger partial charge in [0.05, 0.1) is 18.2 Å². The molecule has 0 saturated carbocycles. The van der Waals surface area contributed by atoms with Gasteiger partial charge < -0.3 is 24.0 Å². The van der Waals surface area contributed by atoms with Gasteiger partial charge in [0.2, 0.25) is 0 Å². The van der Waals surface area contributed by atoms with Crippen LogP contribution in [0.3, 0.4) is 0 Å². The van der Waals surface area contributed by atoms with Crippen molar-refractivity contribution < 1.29 is 23.8 Å². The van der Waals surface area contributed by atoms with Crippen LogP contribution >= 0.6 is 0 Å². The van der Waals surface area contributed by atoms with E-state index in [-0.39, 0.29) is 0 Å². The normalized spacial score (nSPS) is 18.5. The molecule has 4 aliphatic rings. The van der Waals surface area contributed by atoms with Crippen LogP contribution < -0.4 is 14.5 Å². The van der Waals surface area contributed by atoms with Gasteiger partial charge >= 0.3 is 11.9 Å². The Morgan fingerprint density at radius 2 is 1.43 bits per heavy atom. The van der Waals surface area contributed by atoms with Gasteiger partial charge in [-0.3, -0.25) is 0 Å². The van der Waals surface area contributed by atoms with Crippen LogP contribution in [0.2, 0.25) is 0 Å². The van der Waals surface area contributed by atoms with Gasteiger partial charge in [-0.05, 0) is 55.3 Å². The monoisotopic (exact) mass is 468 g/mol. The topological polar surface area (TPSA) is 68.3 Å². The van der Waals surface area contributed by atoms with E-state index in [1.807, 2.05) is 24.3 Å². The molecule has 7 nitrogen and oxygen atoms in total. The largest absolute Gasteiger partial charge is 0.465 e. The molecule has 35 heavy (non-hydrogen) atoms. The first-order valence-electron chi connectivity index (χ1n) is 12.0. The van der Waals surface area contributed by atoms with Gasteiger partial charge in [0.15, 0.2) is 5.60 Å². The van der Waals surface area contributed by atoms with Crippen LogP contribution in [0.4, 0.5) is 11.4 Å². The standard InChI is InChI=1S/C28H24N2O5/c1-33-26(31)17-4-7-20-23(14-17)28(35-27(20)32)21-8-5-18(29-10-2-11-29)15-24(21)34-25-16-19(6-9-22(25)28)30-12-3-13-30/h4-9,14-16H,2-3,10-13H2,1H3. The second-order valence-electron chi connectivity index (χ2n) is 9.47. The minimum absolute atomic E-state index is 0.368. The number of benzene rings is 3. The van der Waals surface area contributed by atoms with E-state index >= 15 is 0 Å². The molecule has 0 atom stereocenters. The highest BCUT2D eigenvalue weighted by molar-refractivity contribution is 5.99. The summed E-state index contributed by atoms with van der Waals surface area (Å²) >= 11 is 0. The van der Waals surface area contributed by atoms with Gasteiger partial charge in [-0.1, -0.05) is 0 Å². The molecule has 0 unspecified atom stereocenters. The average molecular weight is 469 g/mol. The Kier molecular flexibility index (Phi) is 4.22. The van der Waals surface area contributed by atoms with Crippen LogP contribution in [0, 0.1) is 0 Å². The lowest BCUT2D eigenvalue weighted by atomic mass is 9.77. The predicted octanol–water partition coefficient (Wildman–Crippen LogP) is 4.46. The van der Waals surface area contributed by atoms with E-state index in [0.717, 1.165) is 48.7 Å². The molecule has 1 spiro atoms. The van der Waals surface area contributed by atoms with Gasteiger partial charge in [0.1, 0.15) is 11.5 Å². The molecule has 3 aromatic rings. The Morgan fingerprint density at radius 3 is 1.94 bits per heavy atom. The van der Waals surface area contributed by atoms with Crippen LogP contribution in [-0.4, -0.2) is 45.2 Å². The SMILES string of the molecule is COC(=O)c1ccc2c(c1)C1(OC2=O)c2ccc(N3CCC3)cc2Oc2cc(N3CCC3)ccc21. The van der Waals surface area contributed by atoms with E-state index in [0.29, 0.717) is 28.2 Å². The zero-order chi connectivity index (χ0) is 23.7. The third kappa shape index (κ3) is 2.78. The molecular weight excluding hydrogens is 444 g/mol. The van der Waals surface area contributed by atoms with E-state index in [1.54, 1.807) is 18.2 Å². The number of ether oxygens (including phenoxy) is 3. The van der Waals surface area contributed by atoms with Crippen LogP contribution in [-0.2, 0) is 15.1 Å². The van der Waals surface area contributed by atoms with Crippen molar-refractivity contribution in [2.24, 2.45) is 0 Å². The quantitative estimate of drug-likeness (QED) is 0.526. The first kappa shape index (κ1) is 20.4. The van der Waals surface area contributed by atoms with E-state index < -0.39 is 17.5 Å². The van der Waals surface area contributed by atoms with Crippen LogP contribution in [0.5, 0.6) is 11.5 Å². The predicted molar refractivity (Wildman–Crippen MR) is 130 cm³/mol. The second-order valence-corrected chi connectivity index (χ2v) is 9.47. The summed E-state index contributed by atoms with van der Waals surface area (Å²) in [6.07, 6.45) is 2.34. The number of nitrogens with zero attached hydrogens (tertiary/aromatic N) is 2. The molecule has 3 aromatic carbocycles. The van der Waals surface area contributed by atoms with Crippen LogP contribution in [0.1, 0.15) is 50.2 Å². The van der Waals surface area contributed by atoms with Gasteiger partial charge in [-0.15, -0.1) is 0 Å². The van der Waals surface area contributed by atoms with Gasteiger partial charge in [0, 0.05) is 66.4 Å². The molecule has 0 N–H and O–H groups in total. The van der Waals surface area contributed by atoms with Crippen molar-refractivity contribution in [3.05, 3.63) is 82.4 Å². The van der Waals surface area contributed by atoms with Crippen molar-refractivity contribution in [3.63, 3.8) is 0 Å². The van der Waals surface area contributed by atoms with E-state index in [4.69, 9.17) is 14.2 Å². The fraction of sp³-hybridized carbons (Fsp3) is 0.286. The lowest BCUT2D eigenvalue weighted by molar-refractivity contribution is 0.0224. The number of carbonyl (C=O) groups is 2. The maximum absolute atomic E-state index is 13.2. The van der Waals surface area contributed by atoms with Gasteiger partial charge in [-0.25, -0.2) is 9.59 Å². The zero-order valence-electron chi connectivity index (χ0n) is 19.4. The molecule has 0 aromatic heterocycles. The number of methoxy groups -OCH3 is 1. The Morgan fingerprint density at radius 1 is 0.829 bits per heavy atom. The van der Waals surface area contributed by atoms with E-state index in [2.05, 4.69) is 21.9 Å². The molecule has 0 amide bonds. The lowest BCUT2D eigenvalue weighted by Crippen LogP contribution is -2.38. The first-order valence-corrected chi connectivity index (χ1v) is 12.0. The Labute approximate surface area is 202 Å². The maximum atomic E-state index is 13.2. The summed E-state index contributed by atoms with van der Waals surface area (Å²) in [5.41, 5.74) is 3.90. The summed E-state index contributed by atoms with van der Waals surface area (Å²) in [6, 6.07) is 17.1. The van der Waals surface area contributed by atoms with Crippen molar-refractivity contribution in [3.8, 4) is 11.5 Å². The minimum Gasteiger partial charge on any atom is -0.465 e. The number of esters is 2. The highest BCUT2D eigenvalue weighted by Gasteiger charge is 2.54. The minimum atomic E-state index is -1.21. The highest BCUT2D eigenvalue weighted by atomic mass is 16.6. The molecule has 4 aliphatic heterocycles. The Hall–Kier alpha value is -4.00. The molecule has 2 fully saturated rings. The average Bonchev–Trinajstić information content (AvgIpc) is 3.08. The van der Waals surface area contributed by atoms with Crippen molar-refractivity contribution in [2.45, 2.75) is 18.4 Å². The van der Waals surface area contributed by atoms with Crippen molar-refractivity contribution in [2.75, 3.05) is 43.1 Å². The fourth-order valence-corrected chi connectivity index (χ4v) is 5.49. The molecule has 2 saturated heterocycles. The highest BCUT2D eigenvalue weighted by Crippen LogP contribution is 2.57. The summed E-state index contributed by atoms with van der Waals surface area (Å²) in [6.45, 7) is 4.06. The number of hydrogen-bond donors (Lipinski definition) is 0. The Balaban J connectivity index is 1.47. The first-order chi connectivity index (χ1) is 17.1. The summed E-state index contributed by atoms with van der Waals surface area (Å²) < 4.78 is 17.7. The number of hydrogen-bond acceptors (Lipinski definition) is 7. The molecule has 4 heterocycles. The summed E-state index contributed by atoms with van der Waals surface area (Å²) in [5.74, 6) is 0.434. The molecule has 0 bridgehead atoms. The molecule has 7 heteroatoms. The fourth-order valence-electron chi connectivity index (χ4n) is 5.49. The van der Waals surface area contributed by atoms with E-state index in [1.165, 1.54) is 20.0 Å². The number of carbonyl (C=O) groups excluding carboxylic acids is 2. The molecule has 176 valence electrons. The Bertz CT molecular complexity index is 1340. The molecule has 0 aliphatic carbocycles. The number of anilines is 2. The smallest absolute Gasteiger partial charge is 0.340 e. The number of fused-ring (bicyclic) bond motifs is 6.